The minimum Gasteiger partial charge on any atom is -0.393 e. The van der Waals surface area contributed by atoms with Gasteiger partial charge in [0.25, 0.3) is 5.69 Å². The number of aliphatic hydroxyl groups excluding tert-OH is 1. The lowest BCUT2D eigenvalue weighted by atomic mass is 9.73. The number of nitro groups is 1. The van der Waals surface area contributed by atoms with Crippen molar-refractivity contribution in [3.8, 4) is 0 Å². The van der Waals surface area contributed by atoms with Crippen molar-refractivity contribution in [2.45, 2.75) is 18.1 Å². The van der Waals surface area contributed by atoms with E-state index in [1.54, 1.807) is 19.1 Å². The summed E-state index contributed by atoms with van der Waals surface area (Å²) >= 11 is 0. The van der Waals surface area contributed by atoms with Crippen LogP contribution in [0.15, 0.2) is 36.4 Å². The van der Waals surface area contributed by atoms with Crippen LogP contribution in [-0.2, 0) is 14.3 Å². The molecule has 1 N–H and O–H groups in total. The highest BCUT2D eigenvalue weighted by Gasteiger charge is 2.72. The van der Waals surface area contributed by atoms with Crippen molar-refractivity contribution in [2.24, 2.45) is 11.8 Å². The quantitative estimate of drug-likeness (QED) is 0.380. The molecule has 3 heterocycles. The molecule has 0 saturated carbocycles. The molecule has 0 spiro atoms. The van der Waals surface area contributed by atoms with E-state index in [4.69, 9.17) is 4.74 Å². The third kappa shape index (κ3) is 1.64. The molecule has 124 valence electrons. The van der Waals surface area contributed by atoms with Crippen LogP contribution in [0.1, 0.15) is 6.92 Å². The van der Waals surface area contributed by atoms with E-state index < -0.39 is 46.4 Å². The van der Waals surface area contributed by atoms with E-state index in [1.807, 2.05) is 0 Å². The highest BCUT2D eigenvalue weighted by molar-refractivity contribution is 6.23. The Bertz CT molecular complexity index is 821. The largest absolute Gasteiger partial charge is 0.393 e. The van der Waals surface area contributed by atoms with Gasteiger partial charge < -0.3 is 9.84 Å². The predicted molar refractivity (Wildman–Crippen MR) is 81.0 cm³/mol. The maximum atomic E-state index is 12.9. The number of hydrogen-bond acceptors (Lipinski definition) is 6. The monoisotopic (exact) mass is 330 g/mol. The molecular formula is C16H14N2O6. The summed E-state index contributed by atoms with van der Waals surface area (Å²) in [4.78, 5) is 37.1. The van der Waals surface area contributed by atoms with E-state index in [1.165, 1.54) is 24.3 Å². The van der Waals surface area contributed by atoms with Gasteiger partial charge in [0, 0.05) is 12.1 Å². The molecule has 3 aliphatic rings. The first-order chi connectivity index (χ1) is 11.3. The Labute approximate surface area is 136 Å². The van der Waals surface area contributed by atoms with Crippen molar-refractivity contribution < 1.29 is 24.4 Å². The maximum absolute atomic E-state index is 12.9. The Morgan fingerprint density at radius 3 is 2.67 bits per heavy atom. The number of aliphatic hydroxyl groups is 1. The molecule has 8 nitrogen and oxygen atoms in total. The minimum absolute atomic E-state index is 0.157. The fraction of sp³-hybridized carbons (Fsp3) is 0.375. The second kappa shape index (κ2) is 4.49. The van der Waals surface area contributed by atoms with Gasteiger partial charge in [-0.3, -0.25) is 19.7 Å². The molecule has 0 aromatic heterocycles. The fourth-order valence-electron chi connectivity index (χ4n) is 4.04. The minimum atomic E-state index is -1.21. The smallest absolute Gasteiger partial charge is 0.271 e. The maximum Gasteiger partial charge on any atom is 0.271 e. The normalized spacial score (nSPS) is 36.5. The topological polar surface area (TPSA) is 110 Å². The van der Waals surface area contributed by atoms with Gasteiger partial charge in [0.05, 0.1) is 34.7 Å². The Morgan fingerprint density at radius 2 is 2.00 bits per heavy atom. The molecule has 2 fully saturated rings. The molecule has 3 aliphatic heterocycles. The number of carbonyl (C=O) groups is 2. The average Bonchev–Trinajstić information content (AvgIpc) is 3.13. The number of rotatable bonds is 3. The number of non-ortho nitro benzene ring substituents is 1. The first kappa shape index (κ1) is 15.0. The summed E-state index contributed by atoms with van der Waals surface area (Å²) in [6.07, 6.45) is 3.34. The van der Waals surface area contributed by atoms with Crippen molar-refractivity contribution in [3.05, 3.63) is 46.5 Å². The van der Waals surface area contributed by atoms with Crippen LogP contribution in [0, 0.1) is 22.0 Å². The molecule has 0 unspecified atom stereocenters. The Hall–Kier alpha value is -2.58. The summed E-state index contributed by atoms with van der Waals surface area (Å²) < 4.78 is 5.81. The van der Waals surface area contributed by atoms with E-state index in [9.17, 15) is 24.8 Å². The predicted octanol–water partition coefficient (Wildman–Crippen LogP) is 0.790. The summed E-state index contributed by atoms with van der Waals surface area (Å²) in [5.41, 5.74) is -2.22. The van der Waals surface area contributed by atoms with Crippen LogP contribution in [0.25, 0.3) is 0 Å². The molecule has 2 saturated heterocycles. The standard InChI is InChI=1S/C16H14N2O6/c1-15-5-6-16(8-19,24-15)12-11(15)13(20)17(14(12)21)9-3-2-4-10(7-9)18(22)23/h2-7,11-12,19H,8H2,1H3/t11-,12-,15-,16-/m1/s1. The van der Waals surface area contributed by atoms with E-state index >= 15 is 0 Å². The zero-order chi connectivity index (χ0) is 17.3. The van der Waals surface area contributed by atoms with E-state index in [0.717, 1.165) is 4.90 Å². The van der Waals surface area contributed by atoms with Crippen molar-refractivity contribution in [1.29, 1.82) is 0 Å². The molecule has 24 heavy (non-hydrogen) atoms. The number of carbonyl (C=O) groups excluding carboxylic acids is 2. The van der Waals surface area contributed by atoms with Gasteiger partial charge in [-0.05, 0) is 13.0 Å². The first-order valence-corrected chi connectivity index (χ1v) is 7.47. The van der Waals surface area contributed by atoms with Gasteiger partial charge in [-0.2, -0.15) is 0 Å². The highest BCUT2D eigenvalue weighted by atomic mass is 16.6. The lowest BCUT2D eigenvalue weighted by Crippen LogP contribution is -2.43. The van der Waals surface area contributed by atoms with Gasteiger partial charge in [-0.1, -0.05) is 18.2 Å². The second-order valence-corrected chi connectivity index (χ2v) is 6.48. The first-order valence-electron chi connectivity index (χ1n) is 7.47. The van der Waals surface area contributed by atoms with E-state index in [2.05, 4.69) is 0 Å². The number of nitrogens with zero attached hydrogens (tertiary/aromatic N) is 2. The van der Waals surface area contributed by atoms with Crippen LogP contribution >= 0.6 is 0 Å². The number of benzene rings is 1. The summed E-state index contributed by atoms with van der Waals surface area (Å²) in [6.45, 7) is 1.29. The van der Waals surface area contributed by atoms with Gasteiger partial charge in [0.1, 0.15) is 5.60 Å². The number of hydrogen-bond donors (Lipinski definition) is 1. The van der Waals surface area contributed by atoms with E-state index in [-0.39, 0.29) is 11.4 Å². The molecular weight excluding hydrogens is 316 g/mol. The summed E-state index contributed by atoms with van der Waals surface area (Å²) in [5.74, 6) is -2.55. The van der Waals surface area contributed by atoms with Crippen LogP contribution in [0.3, 0.4) is 0 Å². The van der Waals surface area contributed by atoms with Crippen LogP contribution in [0.2, 0.25) is 0 Å². The van der Waals surface area contributed by atoms with Crippen molar-refractivity contribution in [3.63, 3.8) is 0 Å². The summed E-state index contributed by atoms with van der Waals surface area (Å²) in [5, 5.41) is 20.7. The third-order valence-corrected chi connectivity index (χ3v) is 5.10. The van der Waals surface area contributed by atoms with Crippen LogP contribution in [-0.4, -0.2) is 39.7 Å². The van der Waals surface area contributed by atoms with Crippen LogP contribution in [0.5, 0.6) is 0 Å². The van der Waals surface area contributed by atoms with Crippen molar-refractivity contribution in [2.75, 3.05) is 11.5 Å². The zero-order valence-electron chi connectivity index (χ0n) is 12.7. The molecule has 0 aliphatic carbocycles. The van der Waals surface area contributed by atoms with Crippen molar-refractivity contribution >= 4 is 23.2 Å². The number of anilines is 1. The molecule has 1 aromatic rings. The van der Waals surface area contributed by atoms with Crippen molar-refractivity contribution in [1.82, 2.24) is 0 Å². The lowest BCUT2D eigenvalue weighted by Gasteiger charge is -2.26. The zero-order valence-corrected chi connectivity index (χ0v) is 12.7. The Kier molecular flexibility index (Phi) is 2.80. The van der Waals surface area contributed by atoms with Gasteiger partial charge in [0.2, 0.25) is 11.8 Å². The molecule has 8 heteroatoms. The second-order valence-electron chi connectivity index (χ2n) is 6.48. The average molecular weight is 330 g/mol. The number of nitro benzene ring substituents is 1. The molecule has 2 bridgehead atoms. The van der Waals surface area contributed by atoms with Gasteiger partial charge in [-0.25, -0.2) is 4.90 Å². The van der Waals surface area contributed by atoms with Gasteiger partial charge in [-0.15, -0.1) is 0 Å². The van der Waals surface area contributed by atoms with Gasteiger partial charge >= 0.3 is 0 Å². The molecule has 4 atom stereocenters. The lowest BCUT2D eigenvalue weighted by molar-refractivity contribution is -0.384. The molecule has 1 aromatic carbocycles. The van der Waals surface area contributed by atoms with Gasteiger partial charge in [0.15, 0.2) is 0 Å². The number of ether oxygens (including phenoxy) is 1. The number of amides is 2. The third-order valence-electron chi connectivity index (χ3n) is 5.10. The highest BCUT2D eigenvalue weighted by Crippen LogP contribution is 2.57. The van der Waals surface area contributed by atoms with Crippen LogP contribution in [0.4, 0.5) is 11.4 Å². The number of fused-ring (bicyclic) bond motifs is 5. The summed E-state index contributed by atoms with van der Waals surface area (Å²) in [6, 6.07) is 5.39. The SMILES string of the molecule is C[C@]12C=C[C@](CO)(O1)[C@H]1C(=O)N(c3cccc([N+](=O)[O-])c3)C(=O)[C@@H]12. The Morgan fingerprint density at radius 1 is 1.29 bits per heavy atom. The molecule has 4 rings (SSSR count). The fourth-order valence-corrected chi connectivity index (χ4v) is 4.04. The molecule has 0 radical (unpaired) electrons. The van der Waals surface area contributed by atoms with E-state index in [0.29, 0.717) is 0 Å². The van der Waals surface area contributed by atoms with Crippen LogP contribution < -0.4 is 4.90 Å². The summed E-state index contributed by atoms with van der Waals surface area (Å²) in [7, 11) is 0. The Balaban J connectivity index is 1.80. The number of imide groups is 1. The molecule has 2 amide bonds.